The van der Waals surface area contributed by atoms with Crippen LogP contribution in [0.1, 0.15) is 418 Å². The fourth-order valence-electron chi connectivity index (χ4n) is 11.9. The summed E-state index contributed by atoms with van der Waals surface area (Å²) in [7, 11) is 0. The Morgan fingerprint density at radius 1 is 0.346 bits per heavy atom. The Hall–Kier alpha value is -1.66. The smallest absolute Gasteiger partial charge is 0.305 e. The van der Waals surface area contributed by atoms with Crippen molar-refractivity contribution in [2.75, 3.05) is 13.2 Å². The molecule has 0 saturated heterocycles. The highest BCUT2D eigenvalue weighted by molar-refractivity contribution is 5.76. The molecule has 0 bridgehead atoms. The summed E-state index contributed by atoms with van der Waals surface area (Å²) in [6, 6.07) is -0.536. The summed E-state index contributed by atoms with van der Waals surface area (Å²) in [5.41, 5.74) is 0. The average Bonchev–Trinajstić information content (AvgIpc) is 3.47. The van der Waals surface area contributed by atoms with Crippen molar-refractivity contribution in [2.24, 2.45) is 0 Å². The lowest BCUT2D eigenvalue weighted by atomic mass is 10.0. The van der Waals surface area contributed by atoms with E-state index in [1.54, 1.807) is 0 Å². The zero-order valence-electron chi connectivity index (χ0n) is 55.0. The predicted octanol–water partition coefficient (Wildman–Crippen LogP) is 24.1. The molecule has 6 nitrogen and oxygen atoms in total. The molecule has 2 atom stereocenters. The molecule has 0 aromatic rings. The summed E-state index contributed by atoms with van der Waals surface area (Å²) in [5.74, 6) is -0.0177. The lowest BCUT2D eigenvalue weighted by Gasteiger charge is -2.22. The van der Waals surface area contributed by atoms with E-state index in [1.807, 2.05) is 0 Å². The van der Waals surface area contributed by atoms with Crippen LogP contribution in [0.25, 0.3) is 0 Å². The second kappa shape index (κ2) is 70.8. The fourth-order valence-corrected chi connectivity index (χ4v) is 11.9. The number of rotatable bonds is 70. The van der Waals surface area contributed by atoms with Crippen molar-refractivity contribution in [2.45, 2.75) is 431 Å². The molecule has 480 valence electrons. The SMILES string of the molecule is CCCCC/C=C\C/C=C\CCCCCCCC(=O)OCCCCCCCCCCCCCCCCCCCCCCCCCCCCCCCCCCCCCC(=O)NC(CO)C(O)CCCCCCCCCCCCCCCC. The largest absolute Gasteiger partial charge is 0.466 e. The van der Waals surface area contributed by atoms with Gasteiger partial charge in [0, 0.05) is 12.8 Å². The third kappa shape index (κ3) is 67.3. The maximum atomic E-state index is 12.5. The van der Waals surface area contributed by atoms with Crippen molar-refractivity contribution in [1.82, 2.24) is 5.32 Å². The number of hydrogen-bond donors (Lipinski definition) is 3. The van der Waals surface area contributed by atoms with Gasteiger partial charge in [-0.2, -0.15) is 0 Å². The monoisotopic (exact) mass is 1140 g/mol. The molecule has 2 unspecified atom stereocenters. The summed E-state index contributed by atoms with van der Waals surface area (Å²) in [5, 5.41) is 23.3. The van der Waals surface area contributed by atoms with Gasteiger partial charge >= 0.3 is 5.97 Å². The van der Waals surface area contributed by atoms with Crippen LogP contribution in [0.3, 0.4) is 0 Å². The Morgan fingerprint density at radius 2 is 0.617 bits per heavy atom. The predicted molar refractivity (Wildman–Crippen MR) is 356 cm³/mol. The second-order valence-corrected chi connectivity index (χ2v) is 25.6. The Morgan fingerprint density at radius 3 is 0.963 bits per heavy atom. The first-order valence-electron chi connectivity index (χ1n) is 37.1. The number of amides is 1. The van der Waals surface area contributed by atoms with Crippen molar-refractivity contribution >= 4 is 11.9 Å². The molecule has 0 aromatic carbocycles. The van der Waals surface area contributed by atoms with Crippen molar-refractivity contribution in [1.29, 1.82) is 0 Å². The van der Waals surface area contributed by atoms with Gasteiger partial charge in [0.15, 0.2) is 0 Å². The minimum atomic E-state index is -0.659. The molecule has 1 amide bonds. The highest BCUT2D eigenvalue weighted by atomic mass is 16.5. The summed E-state index contributed by atoms with van der Waals surface area (Å²) >= 11 is 0. The average molecular weight is 1140 g/mol. The van der Waals surface area contributed by atoms with Crippen LogP contribution in [0, 0.1) is 0 Å². The molecular weight excluding hydrogens is 995 g/mol. The maximum Gasteiger partial charge on any atom is 0.305 e. The van der Waals surface area contributed by atoms with Gasteiger partial charge in [-0.15, -0.1) is 0 Å². The number of allylic oxidation sites excluding steroid dienone is 4. The normalized spacial score (nSPS) is 12.6. The van der Waals surface area contributed by atoms with Gasteiger partial charge in [0.25, 0.3) is 0 Å². The van der Waals surface area contributed by atoms with Crippen molar-refractivity contribution in [3.63, 3.8) is 0 Å². The van der Waals surface area contributed by atoms with E-state index in [1.165, 1.54) is 334 Å². The number of hydrogen-bond acceptors (Lipinski definition) is 5. The van der Waals surface area contributed by atoms with Gasteiger partial charge in [0.05, 0.1) is 25.4 Å². The van der Waals surface area contributed by atoms with E-state index in [4.69, 9.17) is 4.74 Å². The molecule has 81 heavy (non-hydrogen) atoms. The topological polar surface area (TPSA) is 95.9 Å². The number of unbranched alkanes of at least 4 members (excludes halogenated alkanes) is 55. The van der Waals surface area contributed by atoms with Crippen molar-refractivity contribution in [3.8, 4) is 0 Å². The minimum absolute atomic E-state index is 0.00914. The number of esters is 1. The first-order chi connectivity index (χ1) is 40.0. The zero-order chi connectivity index (χ0) is 58.5. The van der Waals surface area contributed by atoms with Crippen molar-refractivity contribution < 1.29 is 24.5 Å². The van der Waals surface area contributed by atoms with Gasteiger partial charge in [-0.1, -0.05) is 372 Å². The Bertz CT molecular complexity index is 1270. The third-order valence-corrected chi connectivity index (χ3v) is 17.5. The fraction of sp³-hybridized carbons (Fsp3) is 0.920. The Balaban J connectivity index is 3.30. The number of carbonyl (C=O) groups excluding carboxylic acids is 2. The Labute approximate surface area is 507 Å². The summed E-state index contributed by atoms with van der Waals surface area (Å²) in [6.45, 7) is 4.96. The Kier molecular flexibility index (Phi) is 69.4. The molecule has 0 aliphatic carbocycles. The summed E-state index contributed by atoms with van der Waals surface area (Å²) < 4.78 is 5.49. The van der Waals surface area contributed by atoms with Crippen LogP contribution < -0.4 is 5.32 Å². The first-order valence-corrected chi connectivity index (χ1v) is 37.1. The number of carbonyl (C=O) groups is 2. The van der Waals surface area contributed by atoms with Crippen LogP contribution in [-0.2, 0) is 14.3 Å². The number of aliphatic hydroxyl groups excluding tert-OH is 2. The van der Waals surface area contributed by atoms with Gasteiger partial charge in [0.1, 0.15) is 0 Å². The molecule has 0 aliphatic heterocycles. The van der Waals surface area contributed by atoms with E-state index in [-0.39, 0.29) is 18.5 Å². The highest BCUT2D eigenvalue weighted by Crippen LogP contribution is 2.20. The molecule has 0 fully saturated rings. The van der Waals surface area contributed by atoms with Crippen LogP contribution in [0.2, 0.25) is 0 Å². The lowest BCUT2D eigenvalue weighted by molar-refractivity contribution is -0.143. The number of ether oxygens (including phenoxy) is 1. The number of aliphatic hydroxyl groups is 2. The molecule has 0 rings (SSSR count). The second-order valence-electron chi connectivity index (χ2n) is 25.6. The van der Waals surface area contributed by atoms with E-state index < -0.39 is 12.1 Å². The molecule has 0 aliphatic rings. The molecule has 0 spiro atoms. The molecular formula is C75H145NO5. The number of nitrogens with one attached hydrogen (secondary N) is 1. The van der Waals surface area contributed by atoms with Crippen LogP contribution in [0.5, 0.6) is 0 Å². The lowest BCUT2D eigenvalue weighted by Crippen LogP contribution is -2.45. The van der Waals surface area contributed by atoms with Gasteiger partial charge in [-0.25, -0.2) is 0 Å². The molecule has 0 radical (unpaired) electrons. The standard InChI is InChI=1S/C75H145NO5/c1-3-5-7-9-11-13-15-17-40-45-49-53-57-61-65-69-75(80)81-70-66-62-58-54-50-46-42-39-37-35-33-31-29-27-25-23-21-19-20-22-24-26-28-30-32-34-36-38-41-44-48-52-56-60-64-68-74(79)76-72(71-77)73(78)67-63-59-55-51-47-43-18-16-14-12-10-8-6-4-2/h11,13,17,40,72-73,77-78H,3-10,12,14-16,18-39,41-71H2,1-2H3,(H,76,79)/b13-11-,40-17-. The van der Waals surface area contributed by atoms with Crippen molar-refractivity contribution in [3.05, 3.63) is 24.3 Å². The summed E-state index contributed by atoms with van der Waals surface area (Å²) in [6.07, 6.45) is 89.7. The first kappa shape index (κ1) is 79.3. The molecule has 6 heteroatoms. The summed E-state index contributed by atoms with van der Waals surface area (Å²) in [4.78, 5) is 24.6. The van der Waals surface area contributed by atoms with Crippen LogP contribution in [0.4, 0.5) is 0 Å². The third-order valence-electron chi connectivity index (χ3n) is 17.5. The van der Waals surface area contributed by atoms with E-state index in [2.05, 4.69) is 43.5 Å². The van der Waals surface area contributed by atoms with Gasteiger partial charge in [-0.3, -0.25) is 9.59 Å². The molecule has 3 N–H and O–H groups in total. The zero-order valence-corrected chi connectivity index (χ0v) is 55.0. The maximum absolute atomic E-state index is 12.5. The van der Waals surface area contributed by atoms with Gasteiger partial charge in [0.2, 0.25) is 5.91 Å². The van der Waals surface area contributed by atoms with Gasteiger partial charge in [-0.05, 0) is 57.8 Å². The van der Waals surface area contributed by atoms with Gasteiger partial charge < -0.3 is 20.3 Å². The minimum Gasteiger partial charge on any atom is -0.466 e. The molecule has 0 aromatic heterocycles. The van der Waals surface area contributed by atoms with E-state index in [9.17, 15) is 19.8 Å². The van der Waals surface area contributed by atoms with E-state index in [0.29, 0.717) is 25.9 Å². The molecule has 0 saturated carbocycles. The molecule has 0 heterocycles. The van der Waals surface area contributed by atoms with E-state index >= 15 is 0 Å². The quantitative estimate of drug-likeness (QED) is 0.0320. The highest BCUT2D eigenvalue weighted by Gasteiger charge is 2.20. The van der Waals surface area contributed by atoms with Crippen LogP contribution >= 0.6 is 0 Å². The van der Waals surface area contributed by atoms with Crippen LogP contribution in [0.15, 0.2) is 24.3 Å². The van der Waals surface area contributed by atoms with Crippen LogP contribution in [-0.4, -0.2) is 47.4 Å². The van der Waals surface area contributed by atoms with E-state index in [0.717, 1.165) is 51.4 Å².